The van der Waals surface area contributed by atoms with E-state index in [2.05, 4.69) is 46.0 Å². The minimum Gasteiger partial charge on any atom is -0.487 e. The second-order valence-electron chi connectivity index (χ2n) is 7.43. The Bertz CT molecular complexity index is 872. The number of hydrogen-bond donors (Lipinski definition) is 2. The number of anilines is 2. The molecule has 0 atom stereocenters. The first-order chi connectivity index (χ1) is 13.4. The molecule has 0 radical (unpaired) electrons. The molecule has 5 heteroatoms. The summed E-state index contributed by atoms with van der Waals surface area (Å²) < 4.78 is 11.6. The van der Waals surface area contributed by atoms with Gasteiger partial charge in [0.25, 0.3) is 0 Å². The molecule has 0 bridgehead atoms. The highest BCUT2D eigenvalue weighted by molar-refractivity contribution is 5.76. The zero-order valence-corrected chi connectivity index (χ0v) is 15.5. The van der Waals surface area contributed by atoms with Gasteiger partial charge in [-0.15, -0.1) is 0 Å². The molecule has 5 nitrogen and oxygen atoms in total. The summed E-state index contributed by atoms with van der Waals surface area (Å²) in [5.41, 5.74) is 6.09. The van der Waals surface area contributed by atoms with Crippen molar-refractivity contribution < 1.29 is 9.47 Å². The van der Waals surface area contributed by atoms with Crippen LogP contribution in [0.2, 0.25) is 0 Å². The Morgan fingerprint density at radius 1 is 1.11 bits per heavy atom. The van der Waals surface area contributed by atoms with Gasteiger partial charge in [0.1, 0.15) is 18.2 Å². The molecule has 0 aliphatic carbocycles. The number of aromatic nitrogens is 1. The first-order valence-electron chi connectivity index (χ1n) is 9.88. The number of benzene rings is 1. The highest BCUT2D eigenvalue weighted by Gasteiger charge is 2.22. The maximum Gasteiger partial charge on any atom is 0.143 e. The van der Waals surface area contributed by atoms with Gasteiger partial charge in [0.05, 0.1) is 18.9 Å². The van der Waals surface area contributed by atoms with Crippen LogP contribution in [0, 0.1) is 0 Å². The standard InChI is InChI=1S/C22H25N3O2/c1-2-21-20(13-17(1)15-3-8-23-9-4-15)25-22-19(14-27-21)18(5-10-24-22)16-6-11-26-12-7-16/h1-2,5-6,10,13,15,23H,3-4,7-9,11-12,14H2,(H,24,25). The van der Waals surface area contributed by atoms with E-state index in [0.717, 1.165) is 48.9 Å². The van der Waals surface area contributed by atoms with E-state index in [1.165, 1.54) is 29.5 Å². The van der Waals surface area contributed by atoms with Crippen molar-refractivity contribution >= 4 is 17.1 Å². The van der Waals surface area contributed by atoms with Crippen molar-refractivity contribution in [2.45, 2.75) is 31.8 Å². The van der Waals surface area contributed by atoms with Crippen LogP contribution in [0.3, 0.4) is 0 Å². The summed E-state index contributed by atoms with van der Waals surface area (Å²) in [6, 6.07) is 8.68. The lowest BCUT2D eigenvalue weighted by atomic mass is 9.90. The molecule has 5 rings (SSSR count). The number of piperidine rings is 1. The minimum absolute atomic E-state index is 0.531. The van der Waals surface area contributed by atoms with Gasteiger partial charge in [-0.2, -0.15) is 0 Å². The quantitative estimate of drug-likeness (QED) is 0.845. The first kappa shape index (κ1) is 16.8. The highest BCUT2D eigenvalue weighted by Crippen LogP contribution is 2.39. The molecule has 3 aliphatic heterocycles. The third kappa shape index (κ3) is 3.33. The Labute approximate surface area is 159 Å². The summed E-state index contributed by atoms with van der Waals surface area (Å²) in [4.78, 5) is 4.62. The molecule has 27 heavy (non-hydrogen) atoms. The van der Waals surface area contributed by atoms with E-state index in [1.807, 2.05) is 6.20 Å². The summed E-state index contributed by atoms with van der Waals surface area (Å²) in [7, 11) is 0. The molecule has 0 amide bonds. The lowest BCUT2D eigenvalue weighted by Gasteiger charge is -2.23. The third-order valence-electron chi connectivity index (χ3n) is 5.80. The van der Waals surface area contributed by atoms with Crippen LogP contribution in [0.15, 0.2) is 36.5 Å². The van der Waals surface area contributed by atoms with Gasteiger partial charge in [-0.1, -0.05) is 12.1 Å². The SMILES string of the molecule is C1=C(c2ccnc3c2COc2ccc(C4CCNCC4)cc2N3)CCOC1. The van der Waals surface area contributed by atoms with E-state index in [-0.39, 0.29) is 0 Å². The predicted octanol–water partition coefficient (Wildman–Crippen LogP) is 3.99. The van der Waals surface area contributed by atoms with Gasteiger partial charge >= 0.3 is 0 Å². The minimum atomic E-state index is 0.531. The molecule has 1 aromatic heterocycles. The van der Waals surface area contributed by atoms with Crippen LogP contribution < -0.4 is 15.4 Å². The summed E-state index contributed by atoms with van der Waals surface area (Å²) in [5.74, 6) is 2.42. The fourth-order valence-corrected chi connectivity index (χ4v) is 4.28. The fraction of sp³-hybridized carbons (Fsp3) is 0.409. The van der Waals surface area contributed by atoms with Crippen LogP contribution in [-0.4, -0.2) is 31.3 Å². The predicted molar refractivity (Wildman–Crippen MR) is 107 cm³/mol. The molecule has 0 saturated carbocycles. The lowest BCUT2D eigenvalue weighted by molar-refractivity contribution is 0.161. The molecule has 3 aliphatic rings. The molecule has 4 heterocycles. The Kier molecular flexibility index (Phi) is 4.56. The smallest absolute Gasteiger partial charge is 0.143 e. The zero-order valence-electron chi connectivity index (χ0n) is 15.5. The van der Waals surface area contributed by atoms with Crippen molar-refractivity contribution in [2.75, 3.05) is 31.6 Å². The maximum atomic E-state index is 6.18. The average molecular weight is 363 g/mol. The van der Waals surface area contributed by atoms with Gasteiger partial charge in [0, 0.05) is 11.8 Å². The van der Waals surface area contributed by atoms with Gasteiger partial charge in [0.15, 0.2) is 0 Å². The van der Waals surface area contributed by atoms with Crippen LogP contribution >= 0.6 is 0 Å². The van der Waals surface area contributed by atoms with E-state index in [4.69, 9.17) is 9.47 Å². The van der Waals surface area contributed by atoms with E-state index >= 15 is 0 Å². The van der Waals surface area contributed by atoms with Crippen molar-refractivity contribution in [2.24, 2.45) is 0 Å². The number of ether oxygens (including phenoxy) is 2. The Hall–Kier alpha value is -2.37. The van der Waals surface area contributed by atoms with Crippen LogP contribution in [0.1, 0.15) is 41.9 Å². The molecule has 1 aromatic carbocycles. The second-order valence-corrected chi connectivity index (χ2v) is 7.43. The Balaban J connectivity index is 1.48. The third-order valence-corrected chi connectivity index (χ3v) is 5.80. The number of hydrogen-bond acceptors (Lipinski definition) is 5. The lowest BCUT2D eigenvalue weighted by Crippen LogP contribution is -2.26. The monoisotopic (exact) mass is 363 g/mol. The second kappa shape index (κ2) is 7.33. The summed E-state index contributed by atoms with van der Waals surface area (Å²) in [6.45, 7) is 4.18. The van der Waals surface area contributed by atoms with E-state index in [1.54, 1.807) is 0 Å². The molecular weight excluding hydrogens is 338 g/mol. The zero-order chi connectivity index (χ0) is 18.1. The van der Waals surface area contributed by atoms with Crippen LogP contribution in [0.4, 0.5) is 11.5 Å². The highest BCUT2D eigenvalue weighted by atomic mass is 16.5. The molecule has 0 unspecified atom stereocenters. The van der Waals surface area contributed by atoms with Crippen molar-refractivity contribution in [1.29, 1.82) is 0 Å². The van der Waals surface area contributed by atoms with Crippen LogP contribution in [0.25, 0.3) is 5.57 Å². The topological polar surface area (TPSA) is 55.4 Å². The number of pyridine rings is 1. The van der Waals surface area contributed by atoms with Crippen molar-refractivity contribution in [1.82, 2.24) is 10.3 Å². The molecule has 140 valence electrons. The van der Waals surface area contributed by atoms with Gasteiger partial charge in [-0.05, 0) is 73.2 Å². The number of fused-ring (bicyclic) bond motifs is 2. The first-order valence-corrected chi connectivity index (χ1v) is 9.88. The average Bonchev–Trinajstić information content (AvgIpc) is 2.93. The van der Waals surface area contributed by atoms with E-state index in [0.29, 0.717) is 19.1 Å². The summed E-state index contributed by atoms with van der Waals surface area (Å²) in [5, 5.41) is 6.99. The van der Waals surface area contributed by atoms with Gasteiger partial charge in [-0.25, -0.2) is 4.98 Å². The molecule has 1 saturated heterocycles. The Morgan fingerprint density at radius 2 is 2.04 bits per heavy atom. The largest absolute Gasteiger partial charge is 0.487 e. The molecule has 2 N–H and O–H groups in total. The number of nitrogens with one attached hydrogen (secondary N) is 2. The number of rotatable bonds is 2. The van der Waals surface area contributed by atoms with Crippen LogP contribution in [0.5, 0.6) is 5.75 Å². The fourth-order valence-electron chi connectivity index (χ4n) is 4.28. The van der Waals surface area contributed by atoms with Gasteiger partial charge in [-0.3, -0.25) is 0 Å². The number of nitrogens with zero attached hydrogens (tertiary/aromatic N) is 1. The molecule has 0 spiro atoms. The van der Waals surface area contributed by atoms with Gasteiger partial charge < -0.3 is 20.1 Å². The van der Waals surface area contributed by atoms with E-state index < -0.39 is 0 Å². The van der Waals surface area contributed by atoms with Gasteiger partial charge in [0.2, 0.25) is 0 Å². The molecule has 1 fully saturated rings. The van der Waals surface area contributed by atoms with Crippen molar-refractivity contribution in [3.63, 3.8) is 0 Å². The van der Waals surface area contributed by atoms with Crippen molar-refractivity contribution in [3.05, 3.63) is 53.2 Å². The van der Waals surface area contributed by atoms with Crippen molar-refractivity contribution in [3.8, 4) is 5.75 Å². The summed E-state index contributed by atoms with van der Waals surface area (Å²) >= 11 is 0. The van der Waals surface area contributed by atoms with Crippen LogP contribution in [-0.2, 0) is 11.3 Å². The van der Waals surface area contributed by atoms with E-state index in [9.17, 15) is 0 Å². The normalized spacial score (nSPS) is 19.8. The Morgan fingerprint density at radius 3 is 2.89 bits per heavy atom. The molecule has 2 aromatic rings. The molecular formula is C22H25N3O2. The summed E-state index contributed by atoms with van der Waals surface area (Å²) in [6.07, 6.45) is 7.37. The maximum absolute atomic E-state index is 6.18.